The maximum atomic E-state index is 5.91. The second kappa shape index (κ2) is 6.02. The molecule has 1 heterocycles. The van der Waals surface area contributed by atoms with Crippen LogP contribution in [0.2, 0.25) is 0 Å². The van der Waals surface area contributed by atoms with Gasteiger partial charge in [-0.2, -0.15) is 0 Å². The summed E-state index contributed by atoms with van der Waals surface area (Å²) in [5, 5.41) is 0. The van der Waals surface area contributed by atoms with Crippen molar-refractivity contribution in [2.45, 2.75) is 18.9 Å². The molecule has 0 radical (unpaired) electrons. The molecule has 5 heteroatoms. The summed E-state index contributed by atoms with van der Waals surface area (Å²) in [5.41, 5.74) is 6.40. The first-order valence-electron chi connectivity index (χ1n) is 5.92. The zero-order valence-electron chi connectivity index (χ0n) is 10.3. The molecule has 0 aromatic heterocycles. The minimum Gasteiger partial charge on any atom is -0.497 e. The molecule has 1 saturated heterocycles. The van der Waals surface area contributed by atoms with Crippen LogP contribution in [-0.4, -0.2) is 31.4 Å². The van der Waals surface area contributed by atoms with Crippen LogP contribution in [0.15, 0.2) is 18.2 Å². The summed E-state index contributed by atoms with van der Waals surface area (Å²) in [5.74, 6) is 1.44. The van der Waals surface area contributed by atoms with E-state index in [2.05, 4.69) is 0 Å². The van der Waals surface area contributed by atoms with Crippen molar-refractivity contribution in [3.63, 3.8) is 0 Å². The van der Waals surface area contributed by atoms with Crippen LogP contribution in [0.1, 0.15) is 18.4 Å². The van der Waals surface area contributed by atoms with Gasteiger partial charge in [-0.25, -0.2) is 0 Å². The smallest absolute Gasteiger partial charge is 0.124 e. The van der Waals surface area contributed by atoms with Gasteiger partial charge < -0.3 is 19.9 Å². The summed E-state index contributed by atoms with van der Waals surface area (Å²) in [6.07, 6.45) is 1.99. The monoisotopic (exact) mass is 267 g/mol. The van der Waals surface area contributed by atoms with Gasteiger partial charge in [0.2, 0.25) is 0 Å². The third kappa shape index (κ3) is 3.34. The summed E-state index contributed by atoms with van der Waals surface area (Å²) in [6.45, 7) is 1.49. The van der Waals surface area contributed by atoms with E-state index in [1.807, 2.05) is 12.1 Å². The van der Waals surface area contributed by atoms with E-state index in [0.717, 1.165) is 37.4 Å². The van der Waals surface area contributed by atoms with Crippen LogP contribution in [0.5, 0.6) is 11.5 Å². The van der Waals surface area contributed by atoms with E-state index in [-0.39, 0.29) is 6.10 Å². The van der Waals surface area contributed by atoms with E-state index in [4.69, 9.17) is 32.2 Å². The number of hydrogen-bond acceptors (Lipinski definition) is 4. The molecule has 0 aliphatic carbocycles. The average molecular weight is 267 g/mol. The van der Waals surface area contributed by atoms with Crippen molar-refractivity contribution in [3.8, 4) is 11.5 Å². The number of methoxy groups -OCH3 is 1. The minimum atomic E-state index is 0.185. The topological polar surface area (TPSA) is 53.7 Å². The molecule has 0 amide bonds. The highest BCUT2D eigenvalue weighted by Gasteiger charge is 2.16. The van der Waals surface area contributed by atoms with E-state index in [1.165, 1.54) is 0 Å². The lowest BCUT2D eigenvalue weighted by atomic mass is 10.1. The number of nitrogens with two attached hydrogens (primary N) is 1. The molecule has 98 valence electrons. The van der Waals surface area contributed by atoms with Gasteiger partial charge >= 0.3 is 0 Å². The van der Waals surface area contributed by atoms with Gasteiger partial charge in [0.25, 0.3) is 0 Å². The molecule has 0 bridgehead atoms. The molecule has 1 fully saturated rings. The predicted molar refractivity (Wildman–Crippen MR) is 73.4 cm³/mol. The second-order valence-electron chi connectivity index (χ2n) is 4.19. The molecule has 0 unspecified atom stereocenters. The quantitative estimate of drug-likeness (QED) is 0.844. The van der Waals surface area contributed by atoms with Crippen molar-refractivity contribution in [1.29, 1.82) is 0 Å². The van der Waals surface area contributed by atoms with Gasteiger partial charge in [0, 0.05) is 24.5 Å². The standard InChI is InChI=1S/C13H17NO3S/c1-15-11-6-9(13(14)18)7-12(8-11)17-10-2-4-16-5-3-10/h6-8,10H,2-5H2,1H3,(H2,14,18). The van der Waals surface area contributed by atoms with Crippen LogP contribution >= 0.6 is 12.2 Å². The lowest BCUT2D eigenvalue weighted by molar-refractivity contribution is 0.0255. The fourth-order valence-electron chi connectivity index (χ4n) is 1.89. The van der Waals surface area contributed by atoms with Crippen molar-refractivity contribution in [1.82, 2.24) is 0 Å². The lowest BCUT2D eigenvalue weighted by Crippen LogP contribution is -2.26. The van der Waals surface area contributed by atoms with Gasteiger partial charge in [0.15, 0.2) is 0 Å². The van der Waals surface area contributed by atoms with Gasteiger partial charge in [0.1, 0.15) is 22.6 Å². The Morgan fingerprint density at radius 2 is 1.94 bits per heavy atom. The molecular formula is C13H17NO3S. The second-order valence-corrected chi connectivity index (χ2v) is 4.63. The molecule has 1 aliphatic rings. The summed E-state index contributed by atoms with van der Waals surface area (Å²) >= 11 is 4.98. The van der Waals surface area contributed by atoms with Gasteiger partial charge in [0.05, 0.1) is 20.3 Å². The van der Waals surface area contributed by atoms with Crippen LogP contribution < -0.4 is 15.2 Å². The van der Waals surface area contributed by atoms with Crippen LogP contribution in [-0.2, 0) is 4.74 Å². The zero-order valence-corrected chi connectivity index (χ0v) is 11.2. The van der Waals surface area contributed by atoms with E-state index in [9.17, 15) is 0 Å². The molecule has 1 aliphatic heterocycles. The summed E-state index contributed by atoms with van der Waals surface area (Å²) in [4.78, 5) is 0.339. The van der Waals surface area contributed by atoms with Gasteiger partial charge in [-0.3, -0.25) is 0 Å². The third-order valence-corrected chi connectivity index (χ3v) is 3.11. The van der Waals surface area contributed by atoms with Crippen LogP contribution in [0.4, 0.5) is 0 Å². The molecular weight excluding hydrogens is 250 g/mol. The summed E-state index contributed by atoms with van der Waals surface area (Å²) < 4.78 is 16.4. The Balaban J connectivity index is 2.15. The number of benzene rings is 1. The molecule has 1 aromatic rings. The van der Waals surface area contributed by atoms with Crippen molar-refractivity contribution in [2.24, 2.45) is 5.73 Å². The SMILES string of the molecule is COc1cc(OC2CCOCC2)cc(C(N)=S)c1. The molecule has 4 nitrogen and oxygen atoms in total. The maximum absolute atomic E-state index is 5.91. The lowest BCUT2D eigenvalue weighted by Gasteiger charge is -2.23. The molecule has 2 N–H and O–H groups in total. The predicted octanol–water partition coefficient (Wildman–Crippen LogP) is 1.89. The largest absolute Gasteiger partial charge is 0.497 e. The fraction of sp³-hybridized carbons (Fsp3) is 0.462. The molecule has 2 rings (SSSR count). The minimum absolute atomic E-state index is 0.185. The van der Waals surface area contributed by atoms with Crippen molar-refractivity contribution in [3.05, 3.63) is 23.8 Å². The molecule has 1 aromatic carbocycles. The highest BCUT2D eigenvalue weighted by molar-refractivity contribution is 7.80. The number of ether oxygens (including phenoxy) is 3. The van der Waals surface area contributed by atoms with Gasteiger partial charge in [-0.1, -0.05) is 12.2 Å². The molecule has 0 atom stereocenters. The highest BCUT2D eigenvalue weighted by atomic mass is 32.1. The highest BCUT2D eigenvalue weighted by Crippen LogP contribution is 2.25. The Kier molecular flexibility index (Phi) is 4.38. The Bertz CT molecular complexity index is 430. The van der Waals surface area contributed by atoms with E-state index >= 15 is 0 Å². The van der Waals surface area contributed by atoms with Crippen LogP contribution in [0.3, 0.4) is 0 Å². The number of hydrogen-bond donors (Lipinski definition) is 1. The molecule has 0 saturated carbocycles. The number of thiocarbonyl (C=S) groups is 1. The normalized spacial score (nSPS) is 16.3. The van der Waals surface area contributed by atoms with Crippen LogP contribution in [0, 0.1) is 0 Å². The van der Waals surface area contributed by atoms with Crippen LogP contribution in [0.25, 0.3) is 0 Å². The van der Waals surface area contributed by atoms with Crippen molar-refractivity contribution < 1.29 is 14.2 Å². The fourth-order valence-corrected chi connectivity index (χ4v) is 2.00. The number of rotatable bonds is 4. The summed E-state index contributed by atoms with van der Waals surface area (Å²) in [7, 11) is 1.61. The third-order valence-electron chi connectivity index (χ3n) is 2.87. The van der Waals surface area contributed by atoms with E-state index in [0.29, 0.717) is 10.7 Å². The Hall–Kier alpha value is -1.33. The average Bonchev–Trinajstić information content (AvgIpc) is 2.39. The molecule has 18 heavy (non-hydrogen) atoms. The first-order chi connectivity index (χ1) is 8.69. The van der Waals surface area contributed by atoms with Gasteiger partial charge in [-0.15, -0.1) is 0 Å². The molecule has 0 spiro atoms. The Labute approximate surface area is 112 Å². The first-order valence-corrected chi connectivity index (χ1v) is 6.33. The maximum Gasteiger partial charge on any atom is 0.124 e. The Morgan fingerprint density at radius 1 is 1.28 bits per heavy atom. The van der Waals surface area contributed by atoms with E-state index in [1.54, 1.807) is 13.2 Å². The van der Waals surface area contributed by atoms with Crippen molar-refractivity contribution >= 4 is 17.2 Å². The van der Waals surface area contributed by atoms with Crippen molar-refractivity contribution in [2.75, 3.05) is 20.3 Å². The summed E-state index contributed by atoms with van der Waals surface area (Å²) in [6, 6.07) is 5.50. The van der Waals surface area contributed by atoms with E-state index < -0.39 is 0 Å². The van der Waals surface area contributed by atoms with Gasteiger partial charge in [-0.05, 0) is 12.1 Å². The first kappa shape index (κ1) is 13.1. The zero-order chi connectivity index (χ0) is 13.0. The Morgan fingerprint density at radius 3 is 2.56 bits per heavy atom.